The van der Waals surface area contributed by atoms with Gasteiger partial charge in [0.05, 0.1) is 16.7 Å². The molecule has 1 atom stereocenters. The third-order valence-electron chi connectivity index (χ3n) is 2.49. The van der Waals surface area contributed by atoms with E-state index < -0.39 is 0 Å². The van der Waals surface area contributed by atoms with Gasteiger partial charge < -0.3 is 4.74 Å². The molecule has 0 saturated carbocycles. The van der Waals surface area contributed by atoms with Gasteiger partial charge in [0.2, 0.25) is 0 Å². The SMILES string of the molecule is CCCC(I)/C(=N\N(C)N)c1ccc(OC)cc1. The van der Waals surface area contributed by atoms with Crippen LogP contribution in [0.25, 0.3) is 0 Å². The quantitative estimate of drug-likeness (QED) is 0.279. The van der Waals surface area contributed by atoms with Crippen LogP contribution in [0.5, 0.6) is 5.75 Å². The van der Waals surface area contributed by atoms with Crippen molar-refractivity contribution >= 4 is 28.3 Å². The van der Waals surface area contributed by atoms with Gasteiger partial charge in [0, 0.05) is 7.05 Å². The number of nitrogens with two attached hydrogens (primary N) is 1. The van der Waals surface area contributed by atoms with Gasteiger partial charge in [-0.3, -0.25) is 0 Å². The maximum atomic E-state index is 5.64. The molecule has 1 rings (SSSR count). The third kappa shape index (κ3) is 4.45. The lowest BCUT2D eigenvalue weighted by Crippen LogP contribution is -2.25. The van der Waals surface area contributed by atoms with Gasteiger partial charge in [0.25, 0.3) is 0 Å². The highest BCUT2D eigenvalue weighted by Crippen LogP contribution is 2.19. The van der Waals surface area contributed by atoms with E-state index in [9.17, 15) is 0 Å². The smallest absolute Gasteiger partial charge is 0.118 e. The number of methoxy groups -OCH3 is 1. The van der Waals surface area contributed by atoms with Gasteiger partial charge >= 0.3 is 0 Å². The zero-order valence-electron chi connectivity index (χ0n) is 11.1. The van der Waals surface area contributed by atoms with E-state index in [1.807, 2.05) is 24.3 Å². The van der Waals surface area contributed by atoms with Crippen LogP contribution in [0, 0.1) is 0 Å². The number of hydrogen-bond donors (Lipinski definition) is 1. The van der Waals surface area contributed by atoms with E-state index in [-0.39, 0.29) is 0 Å². The Labute approximate surface area is 122 Å². The minimum atomic E-state index is 0.354. The molecule has 1 aromatic rings. The van der Waals surface area contributed by atoms with Gasteiger partial charge in [0.15, 0.2) is 0 Å². The fraction of sp³-hybridized carbons (Fsp3) is 0.462. The summed E-state index contributed by atoms with van der Waals surface area (Å²) in [5.41, 5.74) is 2.09. The maximum Gasteiger partial charge on any atom is 0.118 e. The average molecular weight is 361 g/mol. The van der Waals surface area contributed by atoms with Crippen LogP contribution in [0.15, 0.2) is 29.4 Å². The summed E-state index contributed by atoms with van der Waals surface area (Å²) in [7, 11) is 3.40. The van der Waals surface area contributed by atoms with E-state index in [0.29, 0.717) is 3.92 Å². The summed E-state index contributed by atoms with van der Waals surface area (Å²) in [5.74, 6) is 6.49. The molecule has 0 saturated heterocycles. The molecule has 4 nitrogen and oxygen atoms in total. The minimum Gasteiger partial charge on any atom is -0.497 e. The Bertz CT molecular complexity index is 390. The number of rotatable bonds is 6. The van der Waals surface area contributed by atoms with Crippen LogP contribution in [0.1, 0.15) is 25.3 Å². The van der Waals surface area contributed by atoms with Crippen molar-refractivity contribution in [3.63, 3.8) is 0 Å². The van der Waals surface area contributed by atoms with Gasteiger partial charge in [-0.2, -0.15) is 5.10 Å². The number of hydrazine groups is 1. The molecular weight excluding hydrogens is 341 g/mol. The predicted octanol–water partition coefficient (Wildman–Crippen LogP) is 2.81. The Morgan fingerprint density at radius 3 is 2.50 bits per heavy atom. The summed E-state index contributed by atoms with van der Waals surface area (Å²) >= 11 is 2.41. The molecule has 0 radical (unpaired) electrons. The number of halogens is 1. The predicted molar refractivity (Wildman–Crippen MR) is 84.2 cm³/mol. The lowest BCUT2D eigenvalue weighted by atomic mass is 10.0. The Morgan fingerprint density at radius 1 is 1.44 bits per heavy atom. The van der Waals surface area contributed by atoms with Crippen LogP contribution in [-0.2, 0) is 0 Å². The molecule has 5 heteroatoms. The second kappa shape index (κ2) is 7.58. The minimum absolute atomic E-state index is 0.354. The van der Waals surface area contributed by atoms with Crippen LogP contribution < -0.4 is 10.6 Å². The van der Waals surface area contributed by atoms with E-state index in [1.165, 1.54) is 5.12 Å². The standard InChI is InChI=1S/C13H20IN3O/c1-4-5-12(14)13(16-17(2)15)10-6-8-11(18-3)9-7-10/h6-9,12H,4-5,15H2,1-3H3/b16-13-. The van der Waals surface area contributed by atoms with Crippen LogP contribution in [0.2, 0.25) is 0 Å². The first-order chi connectivity index (χ1) is 8.58. The largest absolute Gasteiger partial charge is 0.497 e. The molecule has 0 aliphatic carbocycles. The van der Waals surface area contributed by atoms with Gasteiger partial charge in [-0.1, -0.05) is 35.9 Å². The van der Waals surface area contributed by atoms with Gasteiger partial charge in [-0.25, -0.2) is 11.0 Å². The molecule has 18 heavy (non-hydrogen) atoms. The summed E-state index contributed by atoms with van der Waals surface area (Å²) in [6.07, 6.45) is 2.20. The van der Waals surface area contributed by atoms with Gasteiger partial charge in [-0.15, -0.1) is 0 Å². The van der Waals surface area contributed by atoms with Gasteiger partial charge in [-0.05, 0) is 36.2 Å². The van der Waals surface area contributed by atoms with Crippen molar-refractivity contribution in [1.82, 2.24) is 5.12 Å². The van der Waals surface area contributed by atoms with Crippen molar-refractivity contribution in [2.45, 2.75) is 23.7 Å². The molecule has 1 unspecified atom stereocenters. The first-order valence-corrected chi connectivity index (χ1v) is 7.18. The molecule has 1 aromatic carbocycles. The monoisotopic (exact) mass is 361 g/mol. The number of hydrazone groups is 1. The molecule has 0 fully saturated rings. The number of nitrogens with zero attached hydrogens (tertiary/aromatic N) is 2. The van der Waals surface area contributed by atoms with Crippen molar-refractivity contribution in [2.24, 2.45) is 10.9 Å². The van der Waals surface area contributed by atoms with Crippen molar-refractivity contribution in [1.29, 1.82) is 0 Å². The molecule has 0 aromatic heterocycles. The highest BCUT2D eigenvalue weighted by Gasteiger charge is 2.14. The number of benzene rings is 1. The van der Waals surface area contributed by atoms with E-state index in [4.69, 9.17) is 10.6 Å². The first kappa shape index (κ1) is 15.2. The van der Waals surface area contributed by atoms with Crippen molar-refractivity contribution in [2.75, 3.05) is 14.2 Å². The molecule has 0 aliphatic rings. The molecule has 0 aliphatic heterocycles. The van der Waals surface area contributed by atoms with E-state index in [0.717, 1.165) is 29.9 Å². The topological polar surface area (TPSA) is 50.8 Å². The molecule has 0 bridgehead atoms. The average Bonchev–Trinajstić information content (AvgIpc) is 2.36. The molecule has 0 heterocycles. The second-order valence-electron chi connectivity index (χ2n) is 4.04. The number of alkyl halides is 1. The lowest BCUT2D eigenvalue weighted by molar-refractivity contribution is 0.371. The van der Waals surface area contributed by atoms with E-state index in [1.54, 1.807) is 14.2 Å². The number of ether oxygens (including phenoxy) is 1. The van der Waals surface area contributed by atoms with Crippen molar-refractivity contribution < 1.29 is 4.74 Å². The van der Waals surface area contributed by atoms with Crippen LogP contribution in [0.4, 0.5) is 0 Å². The molecule has 2 N–H and O–H groups in total. The fourth-order valence-electron chi connectivity index (χ4n) is 1.62. The molecule has 100 valence electrons. The van der Waals surface area contributed by atoms with Crippen LogP contribution >= 0.6 is 22.6 Å². The highest BCUT2D eigenvalue weighted by molar-refractivity contribution is 14.1. The van der Waals surface area contributed by atoms with Crippen LogP contribution in [0.3, 0.4) is 0 Å². The van der Waals surface area contributed by atoms with Crippen molar-refractivity contribution in [3.05, 3.63) is 29.8 Å². The summed E-state index contributed by atoms with van der Waals surface area (Å²) in [6, 6.07) is 7.92. The van der Waals surface area contributed by atoms with E-state index in [2.05, 4.69) is 34.6 Å². The Morgan fingerprint density at radius 2 is 2.06 bits per heavy atom. The fourth-order valence-corrected chi connectivity index (χ4v) is 2.73. The summed E-state index contributed by atoms with van der Waals surface area (Å²) in [6.45, 7) is 2.17. The molecule has 0 amide bonds. The zero-order chi connectivity index (χ0) is 13.5. The summed E-state index contributed by atoms with van der Waals surface area (Å²) in [5, 5.41) is 5.76. The van der Waals surface area contributed by atoms with Gasteiger partial charge in [0.1, 0.15) is 5.75 Å². The Hall–Kier alpha value is -0.820. The lowest BCUT2D eigenvalue weighted by Gasteiger charge is -2.16. The molecule has 0 spiro atoms. The van der Waals surface area contributed by atoms with Crippen LogP contribution in [-0.4, -0.2) is 28.9 Å². The summed E-state index contributed by atoms with van der Waals surface area (Å²) < 4.78 is 5.51. The van der Waals surface area contributed by atoms with E-state index >= 15 is 0 Å². The summed E-state index contributed by atoms with van der Waals surface area (Å²) in [4.78, 5) is 0. The first-order valence-electron chi connectivity index (χ1n) is 5.94. The molecular formula is C13H20IN3O. The maximum absolute atomic E-state index is 5.64. The Kier molecular flexibility index (Phi) is 6.42. The van der Waals surface area contributed by atoms with Crippen molar-refractivity contribution in [3.8, 4) is 5.75 Å². The Balaban J connectivity index is 3.01. The number of hydrogen-bond acceptors (Lipinski definition) is 4. The second-order valence-corrected chi connectivity index (χ2v) is 5.55. The normalized spacial score (nSPS) is 13.3. The third-order valence-corrected chi connectivity index (χ3v) is 3.70. The zero-order valence-corrected chi connectivity index (χ0v) is 13.2. The highest BCUT2D eigenvalue weighted by atomic mass is 127.